The van der Waals surface area contributed by atoms with Crippen molar-refractivity contribution in [2.24, 2.45) is 5.92 Å². The summed E-state index contributed by atoms with van der Waals surface area (Å²) >= 11 is 6.08. The van der Waals surface area contributed by atoms with Crippen molar-refractivity contribution in [1.29, 1.82) is 0 Å². The van der Waals surface area contributed by atoms with Crippen LogP contribution in [0.5, 0.6) is 0 Å². The van der Waals surface area contributed by atoms with E-state index >= 15 is 0 Å². The molecule has 0 bridgehead atoms. The lowest BCUT2D eigenvalue weighted by Gasteiger charge is -2.11. The van der Waals surface area contributed by atoms with Crippen LogP contribution in [0.25, 0.3) is 0 Å². The molecule has 1 aliphatic rings. The molecule has 1 heterocycles. The Bertz CT molecular complexity index is 378. The van der Waals surface area contributed by atoms with Crippen LogP contribution in [0, 0.1) is 12.8 Å². The van der Waals surface area contributed by atoms with Crippen LogP contribution >= 0.6 is 11.6 Å². The third kappa shape index (κ3) is 2.23. The van der Waals surface area contributed by atoms with Crippen molar-refractivity contribution in [2.75, 3.05) is 5.32 Å². The molecule has 0 spiro atoms. The van der Waals surface area contributed by atoms with Crippen molar-refractivity contribution in [3.63, 3.8) is 0 Å². The first-order valence-electron chi connectivity index (χ1n) is 5.41. The van der Waals surface area contributed by atoms with Crippen LogP contribution in [0.1, 0.15) is 31.7 Å². The van der Waals surface area contributed by atoms with Crippen molar-refractivity contribution in [1.82, 2.24) is 9.97 Å². The second kappa shape index (κ2) is 3.97. The van der Waals surface area contributed by atoms with E-state index in [1.54, 1.807) is 0 Å². The number of halogens is 1. The summed E-state index contributed by atoms with van der Waals surface area (Å²) in [6, 6.07) is 0.570. The minimum absolute atomic E-state index is 0.570. The Balaban J connectivity index is 2.27. The van der Waals surface area contributed by atoms with Crippen molar-refractivity contribution in [3.05, 3.63) is 16.5 Å². The third-order valence-electron chi connectivity index (χ3n) is 2.85. The fraction of sp³-hybridized carbons (Fsp3) is 0.636. The van der Waals surface area contributed by atoms with Gasteiger partial charge in [-0.25, -0.2) is 9.97 Å². The Hall–Kier alpha value is -0.830. The maximum absolute atomic E-state index is 6.08. The number of aryl methyl sites for hydroxylation is 1. The molecular formula is C11H16ClN3. The number of nitrogens with zero attached hydrogens (tertiary/aromatic N) is 2. The largest absolute Gasteiger partial charge is 0.367 e. The summed E-state index contributed by atoms with van der Waals surface area (Å²) in [5.41, 5.74) is 1.03. The molecular weight excluding hydrogens is 210 g/mol. The molecule has 0 radical (unpaired) electrons. The molecule has 1 N–H and O–H groups in total. The Kier molecular flexibility index (Phi) is 2.83. The second-order valence-corrected chi connectivity index (χ2v) is 4.56. The predicted octanol–water partition coefficient (Wildman–Crippen LogP) is 2.82. The molecule has 1 aromatic heterocycles. The Morgan fingerprint density at radius 1 is 1.47 bits per heavy atom. The summed E-state index contributed by atoms with van der Waals surface area (Å²) in [7, 11) is 0. The Labute approximate surface area is 95.3 Å². The van der Waals surface area contributed by atoms with E-state index in [0.29, 0.717) is 11.2 Å². The number of aromatic nitrogens is 2. The summed E-state index contributed by atoms with van der Waals surface area (Å²) in [6.45, 7) is 6.17. The van der Waals surface area contributed by atoms with Gasteiger partial charge in [-0.15, -0.1) is 0 Å². The average molecular weight is 226 g/mol. The molecule has 4 heteroatoms. The van der Waals surface area contributed by atoms with E-state index in [1.165, 1.54) is 6.42 Å². The van der Waals surface area contributed by atoms with Crippen molar-refractivity contribution in [3.8, 4) is 0 Å². The van der Waals surface area contributed by atoms with Crippen molar-refractivity contribution in [2.45, 2.75) is 39.7 Å². The molecule has 2 atom stereocenters. The third-order valence-corrected chi connectivity index (χ3v) is 3.17. The van der Waals surface area contributed by atoms with Crippen LogP contribution in [0.4, 0.5) is 5.82 Å². The fourth-order valence-corrected chi connectivity index (χ4v) is 2.04. The summed E-state index contributed by atoms with van der Waals surface area (Å²) in [4.78, 5) is 8.58. The monoisotopic (exact) mass is 225 g/mol. The predicted molar refractivity (Wildman–Crippen MR) is 62.3 cm³/mol. The van der Waals surface area contributed by atoms with Gasteiger partial charge in [0, 0.05) is 11.6 Å². The van der Waals surface area contributed by atoms with Gasteiger partial charge in [-0.2, -0.15) is 0 Å². The van der Waals surface area contributed by atoms with E-state index in [9.17, 15) is 0 Å². The van der Waals surface area contributed by atoms with E-state index in [1.807, 2.05) is 6.92 Å². The fourth-order valence-electron chi connectivity index (χ4n) is 1.69. The maximum atomic E-state index is 6.08. The van der Waals surface area contributed by atoms with Gasteiger partial charge in [-0.1, -0.05) is 25.4 Å². The van der Waals surface area contributed by atoms with E-state index in [4.69, 9.17) is 11.6 Å². The SMILES string of the molecule is CCc1c(Cl)nc(C)nc1N[C@@H]1C[C@@H]1C. The summed E-state index contributed by atoms with van der Waals surface area (Å²) in [5, 5.41) is 4.02. The average Bonchev–Trinajstić information content (AvgIpc) is 2.81. The van der Waals surface area contributed by atoms with Gasteiger partial charge in [0.1, 0.15) is 16.8 Å². The first kappa shape index (κ1) is 10.7. The summed E-state index contributed by atoms with van der Waals surface area (Å²) < 4.78 is 0. The lowest BCUT2D eigenvalue weighted by molar-refractivity contribution is 0.906. The van der Waals surface area contributed by atoms with Crippen LogP contribution in [-0.2, 0) is 6.42 Å². The van der Waals surface area contributed by atoms with Gasteiger partial charge in [0.25, 0.3) is 0 Å². The number of anilines is 1. The van der Waals surface area contributed by atoms with Gasteiger partial charge in [0.2, 0.25) is 0 Å². The van der Waals surface area contributed by atoms with E-state index < -0.39 is 0 Å². The number of hydrogen-bond acceptors (Lipinski definition) is 3. The molecule has 15 heavy (non-hydrogen) atoms. The van der Waals surface area contributed by atoms with Gasteiger partial charge in [0.05, 0.1) is 0 Å². The van der Waals surface area contributed by atoms with Crippen LogP contribution in [0.15, 0.2) is 0 Å². The summed E-state index contributed by atoms with van der Waals surface area (Å²) in [6.07, 6.45) is 2.09. The standard InChI is InChI=1S/C11H16ClN3/c1-4-8-10(12)13-7(3)14-11(8)15-9-5-6(9)2/h6,9H,4-5H2,1-3H3,(H,13,14,15)/t6-,9+/m0/s1. The molecule has 1 saturated carbocycles. The van der Waals surface area contributed by atoms with E-state index in [2.05, 4.69) is 29.1 Å². The normalized spacial score (nSPS) is 24.0. The molecule has 0 aromatic carbocycles. The van der Waals surface area contributed by atoms with Gasteiger partial charge in [-0.3, -0.25) is 0 Å². The highest BCUT2D eigenvalue weighted by molar-refractivity contribution is 6.30. The van der Waals surface area contributed by atoms with E-state index in [0.717, 1.165) is 29.5 Å². The summed E-state index contributed by atoms with van der Waals surface area (Å²) in [5.74, 6) is 2.40. The first-order valence-corrected chi connectivity index (χ1v) is 5.79. The molecule has 0 amide bonds. The smallest absolute Gasteiger partial charge is 0.138 e. The molecule has 0 saturated heterocycles. The van der Waals surface area contributed by atoms with Gasteiger partial charge >= 0.3 is 0 Å². The molecule has 1 aliphatic carbocycles. The minimum Gasteiger partial charge on any atom is -0.367 e. The lowest BCUT2D eigenvalue weighted by Crippen LogP contribution is -2.10. The highest BCUT2D eigenvalue weighted by Gasteiger charge is 2.33. The molecule has 1 aromatic rings. The molecule has 2 rings (SSSR count). The Morgan fingerprint density at radius 2 is 2.13 bits per heavy atom. The number of rotatable bonds is 3. The lowest BCUT2D eigenvalue weighted by atomic mass is 10.2. The van der Waals surface area contributed by atoms with Crippen LogP contribution in [-0.4, -0.2) is 16.0 Å². The quantitative estimate of drug-likeness (QED) is 0.804. The van der Waals surface area contributed by atoms with Gasteiger partial charge < -0.3 is 5.32 Å². The second-order valence-electron chi connectivity index (χ2n) is 4.21. The molecule has 3 nitrogen and oxygen atoms in total. The minimum atomic E-state index is 0.570. The zero-order valence-corrected chi connectivity index (χ0v) is 10.1. The number of nitrogens with one attached hydrogen (secondary N) is 1. The highest BCUT2D eigenvalue weighted by Crippen LogP contribution is 2.34. The molecule has 0 aliphatic heterocycles. The van der Waals surface area contributed by atoms with Crippen molar-refractivity contribution < 1.29 is 0 Å². The van der Waals surface area contributed by atoms with Crippen molar-refractivity contribution >= 4 is 17.4 Å². The molecule has 82 valence electrons. The number of hydrogen-bond donors (Lipinski definition) is 1. The van der Waals surface area contributed by atoms with Crippen LogP contribution in [0.3, 0.4) is 0 Å². The zero-order valence-electron chi connectivity index (χ0n) is 9.34. The Morgan fingerprint density at radius 3 is 2.67 bits per heavy atom. The zero-order chi connectivity index (χ0) is 11.0. The van der Waals surface area contributed by atoms with Gasteiger partial charge in [0.15, 0.2) is 0 Å². The van der Waals surface area contributed by atoms with Crippen LogP contribution in [0.2, 0.25) is 5.15 Å². The first-order chi connectivity index (χ1) is 7.11. The van der Waals surface area contributed by atoms with Gasteiger partial charge in [-0.05, 0) is 25.7 Å². The topological polar surface area (TPSA) is 37.8 Å². The highest BCUT2D eigenvalue weighted by atomic mass is 35.5. The maximum Gasteiger partial charge on any atom is 0.138 e. The molecule has 0 unspecified atom stereocenters. The van der Waals surface area contributed by atoms with E-state index in [-0.39, 0.29) is 0 Å². The molecule has 1 fully saturated rings. The van der Waals surface area contributed by atoms with Crippen LogP contribution < -0.4 is 5.32 Å².